The SMILES string of the molecule is Cc1nc2c(cnn2C(C)C)cc1C(=O)N(C)Cc1ccc(N(C)C)cc1. The highest BCUT2D eigenvalue weighted by atomic mass is 16.2. The summed E-state index contributed by atoms with van der Waals surface area (Å²) in [5, 5.41) is 5.29. The molecular formula is C21H27N5O. The van der Waals surface area contributed by atoms with E-state index in [1.165, 1.54) is 0 Å². The predicted octanol–water partition coefficient (Wildman–Crippen LogP) is 3.66. The molecule has 2 aromatic heterocycles. The van der Waals surface area contributed by atoms with Crippen LogP contribution in [0.15, 0.2) is 36.5 Å². The molecule has 27 heavy (non-hydrogen) atoms. The maximum atomic E-state index is 13.0. The van der Waals surface area contributed by atoms with E-state index < -0.39 is 0 Å². The molecule has 6 nitrogen and oxygen atoms in total. The first-order valence-corrected chi connectivity index (χ1v) is 9.14. The third-order valence-corrected chi connectivity index (χ3v) is 4.70. The van der Waals surface area contributed by atoms with Gasteiger partial charge in [0.2, 0.25) is 0 Å². The van der Waals surface area contributed by atoms with Gasteiger partial charge in [-0.1, -0.05) is 12.1 Å². The first-order chi connectivity index (χ1) is 12.8. The monoisotopic (exact) mass is 365 g/mol. The molecule has 3 rings (SSSR count). The van der Waals surface area contributed by atoms with Crippen molar-refractivity contribution in [3.8, 4) is 0 Å². The summed E-state index contributed by atoms with van der Waals surface area (Å²) in [5.74, 6) is -0.0316. The van der Waals surface area contributed by atoms with Gasteiger partial charge in [-0.2, -0.15) is 5.10 Å². The number of carbonyl (C=O) groups excluding carboxylic acids is 1. The second kappa shape index (κ2) is 7.39. The van der Waals surface area contributed by atoms with Crippen LogP contribution in [0.25, 0.3) is 11.0 Å². The van der Waals surface area contributed by atoms with Crippen molar-refractivity contribution in [2.24, 2.45) is 0 Å². The van der Waals surface area contributed by atoms with E-state index in [1.807, 2.05) is 38.8 Å². The molecule has 0 unspecified atom stereocenters. The van der Waals surface area contributed by atoms with Crippen LogP contribution < -0.4 is 4.90 Å². The zero-order valence-corrected chi connectivity index (χ0v) is 16.9. The number of aromatic nitrogens is 3. The van der Waals surface area contributed by atoms with Crippen molar-refractivity contribution in [1.82, 2.24) is 19.7 Å². The molecule has 0 fully saturated rings. The molecule has 0 N–H and O–H groups in total. The van der Waals surface area contributed by atoms with E-state index in [2.05, 4.69) is 53.1 Å². The molecule has 1 aromatic carbocycles. The molecule has 0 saturated carbocycles. The van der Waals surface area contributed by atoms with Crippen LogP contribution in [0, 0.1) is 6.92 Å². The zero-order chi connectivity index (χ0) is 19.7. The van der Waals surface area contributed by atoms with Crippen LogP contribution in [0.2, 0.25) is 0 Å². The van der Waals surface area contributed by atoms with Crippen molar-refractivity contribution in [2.75, 3.05) is 26.0 Å². The summed E-state index contributed by atoms with van der Waals surface area (Å²) in [6.45, 7) is 6.56. The number of carbonyl (C=O) groups is 1. The van der Waals surface area contributed by atoms with Gasteiger partial charge in [0.25, 0.3) is 5.91 Å². The summed E-state index contributed by atoms with van der Waals surface area (Å²) in [4.78, 5) is 21.4. The summed E-state index contributed by atoms with van der Waals surface area (Å²) in [6, 6.07) is 10.4. The second-order valence-corrected chi connectivity index (χ2v) is 7.44. The fourth-order valence-corrected chi connectivity index (χ4v) is 3.11. The number of pyridine rings is 1. The molecule has 0 saturated heterocycles. The van der Waals surface area contributed by atoms with Gasteiger partial charge in [0.1, 0.15) is 0 Å². The Labute approximate surface area is 160 Å². The quantitative estimate of drug-likeness (QED) is 0.692. The lowest BCUT2D eigenvalue weighted by Crippen LogP contribution is -2.27. The smallest absolute Gasteiger partial charge is 0.255 e. The summed E-state index contributed by atoms with van der Waals surface area (Å²) in [5.41, 5.74) is 4.40. The largest absolute Gasteiger partial charge is 0.378 e. The van der Waals surface area contributed by atoms with Crippen molar-refractivity contribution >= 4 is 22.6 Å². The molecule has 0 atom stereocenters. The molecule has 0 aliphatic heterocycles. The molecular weight excluding hydrogens is 338 g/mol. The summed E-state index contributed by atoms with van der Waals surface area (Å²) >= 11 is 0. The number of hydrogen-bond donors (Lipinski definition) is 0. The molecule has 6 heteroatoms. The normalized spacial score (nSPS) is 11.2. The highest BCUT2D eigenvalue weighted by Gasteiger charge is 2.18. The van der Waals surface area contributed by atoms with E-state index in [0.717, 1.165) is 28.0 Å². The number of anilines is 1. The number of amides is 1. The molecule has 3 aromatic rings. The third-order valence-electron chi connectivity index (χ3n) is 4.70. The lowest BCUT2D eigenvalue weighted by molar-refractivity contribution is 0.0784. The number of benzene rings is 1. The van der Waals surface area contributed by atoms with Crippen molar-refractivity contribution < 1.29 is 4.79 Å². The minimum Gasteiger partial charge on any atom is -0.378 e. The van der Waals surface area contributed by atoms with Gasteiger partial charge < -0.3 is 9.80 Å². The van der Waals surface area contributed by atoms with Gasteiger partial charge in [-0.25, -0.2) is 9.67 Å². The molecule has 1 amide bonds. The Hall–Kier alpha value is -2.89. The summed E-state index contributed by atoms with van der Waals surface area (Å²) in [7, 11) is 5.85. The Morgan fingerprint density at radius 3 is 2.41 bits per heavy atom. The van der Waals surface area contributed by atoms with Crippen molar-refractivity contribution in [3.05, 3.63) is 53.3 Å². The molecule has 0 aliphatic carbocycles. The standard InChI is InChI=1S/C21H27N5O/c1-14(2)26-20-17(12-22-26)11-19(15(3)23-20)21(27)25(6)13-16-7-9-18(10-8-16)24(4)5/h7-12,14H,13H2,1-6H3. The number of nitrogens with zero attached hydrogens (tertiary/aromatic N) is 5. The van der Waals surface area contributed by atoms with Crippen LogP contribution in [-0.4, -0.2) is 46.7 Å². The predicted molar refractivity (Wildman–Crippen MR) is 109 cm³/mol. The van der Waals surface area contributed by atoms with Gasteiger partial charge in [-0.05, 0) is 44.5 Å². The van der Waals surface area contributed by atoms with E-state index in [0.29, 0.717) is 12.1 Å². The van der Waals surface area contributed by atoms with Crippen molar-refractivity contribution in [1.29, 1.82) is 0 Å². The molecule has 0 spiro atoms. The van der Waals surface area contributed by atoms with Crippen LogP contribution in [0.4, 0.5) is 5.69 Å². The Morgan fingerprint density at radius 2 is 1.81 bits per heavy atom. The van der Waals surface area contributed by atoms with E-state index >= 15 is 0 Å². The van der Waals surface area contributed by atoms with E-state index in [1.54, 1.807) is 11.1 Å². The topological polar surface area (TPSA) is 54.3 Å². The fraction of sp³-hybridized carbons (Fsp3) is 0.381. The van der Waals surface area contributed by atoms with Gasteiger partial charge in [0, 0.05) is 44.8 Å². The van der Waals surface area contributed by atoms with Crippen LogP contribution in [0.1, 0.15) is 41.5 Å². The highest BCUT2D eigenvalue weighted by molar-refractivity contribution is 5.98. The highest BCUT2D eigenvalue weighted by Crippen LogP contribution is 2.21. The zero-order valence-electron chi connectivity index (χ0n) is 16.9. The first kappa shape index (κ1) is 18.9. The number of aryl methyl sites for hydroxylation is 1. The maximum absolute atomic E-state index is 13.0. The molecule has 0 bridgehead atoms. The number of fused-ring (bicyclic) bond motifs is 1. The fourth-order valence-electron chi connectivity index (χ4n) is 3.11. The number of hydrogen-bond acceptors (Lipinski definition) is 4. The number of rotatable bonds is 5. The Morgan fingerprint density at radius 1 is 1.15 bits per heavy atom. The van der Waals surface area contributed by atoms with Crippen LogP contribution in [-0.2, 0) is 6.54 Å². The summed E-state index contributed by atoms with van der Waals surface area (Å²) in [6.07, 6.45) is 1.78. The molecule has 0 aliphatic rings. The van der Waals surface area contributed by atoms with Gasteiger partial charge in [0.15, 0.2) is 5.65 Å². The lowest BCUT2D eigenvalue weighted by atomic mass is 10.1. The molecule has 0 radical (unpaired) electrons. The third kappa shape index (κ3) is 3.79. The average Bonchev–Trinajstić information content (AvgIpc) is 3.03. The van der Waals surface area contributed by atoms with Gasteiger partial charge >= 0.3 is 0 Å². The van der Waals surface area contributed by atoms with Gasteiger partial charge in [-0.15, -0.1) is 0 Å². The lowest BCUT2D eigenvalue weighted by Gasteiger charge is -2.19. The summed E-state index contributed by atoms with van der Waals surface area (Å²) < 4.78 is 1.88. The van der Waals surface area contributed by atoms with Crippen LogP contribution >= 0.6 is 0 Å². The van der Waals surface area contributed by atoms with Gasteiger partial charge in [0.05, 0.1) is 17.5 Å². The van der Waals surface area contributed by atoms with Gasteiger partial charge in [-0.3, -0.25) is 4.79 Å². The van der Waals surface area contributed by atoms with Crippen LogP contribution in [0.3, 0.4) is 0 Å². The first-order valence-electron chi connectivity index (χ1n) is 9.14. The Bertz CT molecular complexity index is 957. The minimum atomic E-state index is -0.0316. The molecule has 142 valence electrons. The maximum Gasteiger partial charge on any atom is 0.255 e. The van der Waals surface area contributed by atoms with Crippen molar-refractivity contribution in [2.45, 2.75) is 33.4 Å². The minimum absolute atomic E-state index is 0.0316. The van der Waals surface area contributed by atoms with E-state index in [-0.39, 0.29) is 11.9 Å². The Balaban J connectivity index is 1.83. The van der Waals surface area contributed by atoms with Crippen molar-refractivity contribution in [3.63, 3.8) is 0 Å². The van der Waals surface area contributed by atoms with E-state index in [4.69, 9.17) is 0 Å². The van der Waals surface area contributed by atoms with Crippen LogP contribution in [0.5, 0.6) is 0 Å². The average molecular weight is 365 g/mol. The van der Waals surface area contributed by atoms with E-state index in [9.17, 15) is 4.79 Å². The second-order valence-electron chi connectivity index (χ2n) is 7.44. The molecule has 2 heterocycles. The Kier molecular flexibility index (Phi) is 5.17.